The Hall–Kier alpha value is -3.80. The van der Waals surface area contributed by atoms with Crippen molar-refractivity contribution in [2.45, 2.75) is 11.7 Å². The van der Waals surface area contributed by atoms with Crippen LogP contribution in [0.2, 0.25) is 5.02 Å². The van der Waals surface area contributed by atoms with Crippen molar-refractivity contribution in [2.75, 3.05) is 4.90 Å². The molecule has 1 saturated heterocycles. The Bertz CT molecular complexity index is 1230. The lowest BCUT2D eigenvalue weighted by atomic mass is 10.2. The SMILES string of the molecule is N#CNC(=Nc1ccccc1)SC1CC(=O)N(c2ccc(Oc3ccc(Cl)cc3)cc2)C1=O. The molecule has 3 aromatic carbocycles. The van der Waals surface area contributed by atoms with Crippen LogP contribution in [0.5, 0.6) is 11.5 Å². The Morgan fingerprint density at radius 1 is 1.03 bits per heavy atom. The zero-order chi connectivity index (χ0) is 23.2. The van der Waals surface area contributed by atoms with Crippen molar-refractivity contribution < 1.29 is 14.3 Å². The Kier molecular flexibility index (Phi) is 6.93. The van der Waals surface area contributed by atoms with Crippen LogP contribution in [0.3, 0.4) is 0 Å². The van der Waals surface area contributed by atoms with E-state index < -0.39 is 5.25 Å². The monoisotopic (exact) mass is 476 g/mol. The van der Waals surface area contributed by atoms with E-state index in [2.05, 4.69) is 10.3 Å². The number of halogens is 1. The van der Waals surface area contributed by atoms with Crippen molar-refractivity contribution in [2.24, 2.45) is 4.99 Å². The molecule has 1 fully saturated rings. The van der Waals surface area contributed by atoms with Gasteiger partial charge in [-0.05, 0) is 60.7 Å². The lowest BCUT2D eigenvalue weighted by Crippen LogP contribution is -2.32. The summed E-state index contributed by atoms with van der Waals surface area (Å²) in [5.74, 6) is 0.491. The number of thioether (sulfide) groups is 1. The van der Waals surface area contributed by atoms with Crippen LogP contribution in [0.1, 0.15) is 6.42 Å². The van der Waals surface area contributed by atoms with E-state index in [1.165, 1.54) is 0 Å². The number of amidine groups is 1. The maximum absolute atomic E-state index is 13.0. The third-order valence-electron chi connectivity index (χ3n) is 4.65. The van der Waals surface area contributed by atoms with Gasteiger partial charge in [0.2, 0.25) is 11.8 Å². The first-order valence-corrected chi connectivity index (χ1v) is 11.1. The summed E-state index contributed by atoms with van der Waals surface area (Å²) in [5.41, 5.74) is 1.08. The van der Waals surface area contributed by atoms with Crippen molar-refractivity contribution in [3.63, 3.8) is 0 Å². The summed E-state index contributed by atoms with van der Waals surface area (Å²) >= 11 is 6.94. The van der Waals surface area contributed by atoms with Gasteiger partial charge in [-0.2, -0.15) is 5.26 Å². The number of para-hydroxylation sites is 1. The van der Waals surface area contributed by atoms with Crippen molar-refractivity contribution in [3.8, 4) is 17.7 Å². The quantitative estimate of drug-likeness (QED) is 0.177. The number of aliphatic imine (C=N–C) groups is 1. The molecule has 0 radical (unpaired) electrons. The summed E-state index contributed by atoms with van der Waals surface area (Å²) in [6.07, 6.45) is 1.83. The first-order chi connectivity index (χ1) is 16.0. The van der Waals surface area contributed by atoms with Gasteiger partial charge in [0.1, 0.15) is 16.7 Å². The number of rotatable bonds is 5. The number of hydrogen-bond acceptors (Lipinski definition) is 6. The molecule has 1 heterocycles. The number of nitrogens with zero attached hydrogens (tertiary/aromatic N) is 3. The number of benzene rings is 3. The normalized spacial score (nSPS) is 15.9. The van der Waals surface area contributed by atoms with Gasteiger partial charge in [-0.15, -0.1) is 0 Å². The third-order valence-corrected chi connectivity index (χ3v) is 5.97. The number of imide groups is 1. The minimum atomic E-state index is -0.689. The van der Waals surface area contributed by atoms with Crippen molar-refractivity contribution >= 4 is 51.7 Å². The average molecular weight is 477 g/mol. The number of nitriles is 1. The molecule has 33 heavy (non-hydrogen) atoms. The largest absolute Gasteiger partial charge is 0.457 e. The molecule has 7 nitrogen and oxygen atoms in total. The molecular weight excluding hydrogens is 460 g/mol. The smallest absolute Gasteiger partial charge is 0.247 e. The van der Waals surface area contributed by atoms with E-state index in [1.54, 1.807) is 60.7 Å². The average Bonchev–Trinajstić information content (AvgIpc) is 3.09. The summed E-state index contributed by atoms with van der Waals surface area (Å²) in [5, 5.41) is 11.7. The summed E-state index contributed by atoms with van der Waals surface area (Å²) < 4.78 is 5.76. The number of carbonyl (C=O) groups is 2. The Morgan fingerprint density at radius 3 is 2.30 bits per heavy atom. The van der Waals surface area contributed by atoms with Crippen molar-refractivity contribution in [1.29, 1.82) is 5.26 Å². The number of anilines is 1. The Morgan fingerprint density at radius 2 is 1.67 bits per heavy atom. The zero-order valence-corrected chi connectivity index (χ0v) is 18.7. The van der Waals surface area contributed by atoms with Gasteiger partial charge in [-0.3, -0.25) is 14.9 Å². The van der Waals surface area contributed by atoms with Gasteiger partial charge in [-0.25, -0.2) is 9.89 Å². The third kappa shape index (κ3) is 5.52. The highest BCUT2D eigenvalue weighted by Crippen LogP contribution is 2.32. The van der Waals surface area contributed by atoms with E-state index in [9.17, 15) is 9.59 Å². The number of carbonyl (C=O) groups excluding carboxylic acids is 2. The summed E-state index contributed by atoms with van der Waals surface area (Å²) in [6, 6.07) is 22.7. The fraction of sp³-hybridized carbons (Fsp3) is 0.0833. The van der Waals surface area contributed by atoms with Crippen LogP contribution in [-0.4, -0.2) is 22.2 Å². The topological polar surface area (TPSA) is 94.8 Å². The van der Waals surface area contributed by atoms with Gasteiger partial charge in [0.25, 0.3) is 0 Å². The maximum atomic E-state index is 13.0. The second kappa shape index (κ2) is 10.2. The molecule has 1 N–H and O–H groups in total. The van der Waals surface area contributed by atoms with Gasteiger partial charge >= 0.3 is 0 Å². The molecule has 1 unspecified atom stereocenters. The minimum Gasteiger partial charge on any atom is -0.457 e. The second-order valence-corrected chi connectivity index (χ2v) is 8.55. The van der Waals surface area contributed by atoms with Crippen LogP contribution >= 0.6 is 23.4 Å². The van der Waals surface area contributed by atoms with E-state index in [0.717, 1.165) is 16.7 Å². The standard InChI is InChI=1S/C24H17ClN4O3S/c25-16-6-10-19(11-7-16)32-20-12-8-18(9-13-20)29-22(30)14-21(23(29)31)33-24(27-15-26)28-17-4-2-1-3-5-17/h1-13,21H,14H2,(H,27,28). The lowest BCUT2D eigenvalue weighted by Gasteiger charge is -2.16. The van der Waals surface area contributed by atoms with E-state index >= 15 is 0 Å². The summed E-state index contributed by atoms with van der Waals surface area (Å²) in [4.78, 5) is 31.1. The first-order valence-electron chi connectivity index (χ1n) is 9.89. The fourth-order valence-corrected chi connectivity index (χ4v) is 4.25. The molecule has 9 heteroatoms. The molecule has 0 saturated carbocycles. The van der Waals surface area contributed by atoms with Crippen LogP contribution in [0, 0.1) is 11.5 Å². The molecule has 3 aromatic rings. The van der Waals surface area contributed by atoms with Gasteiger partial charge in [0.05, 0.1) is 11.4 Å². The molecule has 2 amide bonds. The molecule has 0 aliphatic carbocycles. The predicted octanol–water partition coefficient (Wildman–Crippen LogP) is 5.26. The Labute approximate surface area is 199 Å². The molecule has 4 rings (SSSR count). The van der Waals surface area contributed by atoms with Crippen molar-refractivity contribution in [1.82, 2.24) is 5.32 Å². The van der Waals surface area contributed by atoms with Crippen LogP contribution in [0.4, 0.5) is 11.4 Å². The highest BCUT2D eigenvalue weighted by Gasteiger charge is 2.40. The summed E-state index contributed by atoms with van der Waals surface area (Å²) in [6.45, 7) is 0. The zero-order valence-electron chi connectivity index (χ0n) is 17.1. The number of amides is 2. The van der Waals surface area contributed by atoms with Crippen LogP contribution in [0.15, 0.2) is 83.9 Å². The molecule has 164 valence electrons. The molecular formula is C24H17ClN4O3S. The summed E-state index contributed by atoms with van der Waals surface area (Å²) in [7, 11) is 0. The highest BCUT2D eigenvalue weighted by atomic mass is 35.5. The predicted molar refractivity (Wildman–Crippen MR) is 129 cm³/mol. The Balaban J connectivity index is 1.46. The second-order valence-electron chi connectivity index (χ2n) is 6.92. The molecule has 1 aliphatic heterocycles. The fourth-order valence-electron chi connectivity index (χ4n) is 3.16. The number of nitrogens with one attached hydrogen (secondary N) is 1. The molecule has 0 bridgehead atoms. The maximum Gasteiger partial charge on any atom is 0.247 e. The van der Waals surface area contributed by atoms with E-state index in [0.29, 0.717) is 27.9 Å². The van der Waals surface area contributed by atoms with Gasteiger partial charge in [0.15, 0.2) is 11.4 Å². The van der Waals surface area contributed by atoms with Crippen LogP contribution in [0.25, 0.3) is 0 Å². The van der Waals surface area contributed by atoms with Crippen LogP contribution in [-0.2, 0) is 9.59 Å². The van der Waals surface area contributed by atoms with E-state index in [4.69, 9.17) is 21.6 Å². The molecule has 0 spiro atoms. The first kappa shape index (κ1) is 22.4. The van der Waals surface area contributed by atoms with Gasteiger partial charge < -0.3 is 4.74 Å². The van der Waals surface area contributed by atoms with Crippen LogP contribution < -0.4 is 15.0 Å². The molecule has 1 atom stereocenters. The number of ether oxygens (including phenoxy) is 1. The highest BCUT2D eigenvalue weighted by molar-refractivity contribution is 8.15. The lowest BCUT2D eigenvalue weighted by molar-refractivity contribution is -0.121. The van der Waals surface area contributed by atoms with Gasteiger partial charge in [-0.1, -0.05) is 41.6 Å². The minimum absolute atomic E-state index is 0.00739. The molecule has 1 aliphatic rings. The number of hydrogen-bond donors (Lipinski definition) is 1. The van der Waals surface area contributed by atoms with E-state index in [1.807, 2.05) is 24.4 Å². The van der Waals surface area contributed by atoms with E-state index in [-0.39, 0.29) is 23.4 Å². The van der Waals surface area contributed by atoms with Crippen molar-refractivity contribution in [3.05, 3.63) is 83.9 Å². The van der Waals surface area contributed by atoms with Gasteiger partial charge in [0, 0.05) is 11.4 Å². The molecule has 0 aromatic heterocycles.